The molecule has 96 valence electrons. The van der Waals surface area contributed by atoms with Gasteiger partial charge in [0.05, 0.1) is 11.5 Å². The molecular weight excluding hydrogens is 238 g/mol. The van der Waals surface area contributed by atoms with Gasteiger partial charge < -0.3 is 14.4 Å². The molecule has 0 saturated heterocycles. The SMILES string of the molecule is COCCCN(CCOC)C(=O)c1cccs1. The minimum Gasteiger partial charge on any atom is -0.385 e. The zero-order valence-electron chi connectivity index (χ0n) is 10.3. The molecule has 0 atom stereocenters. The number of thiophene rings is 1. The van der Waals surface area contributed by atoms with Crippen LogP contribution in [0.1, 0.15) is 16.1 Å². The van der Waals surface area contributed by atoms with Gasteiger partial charge in [0.2, 0.25) is 0 Å². The highest BCUT2D eigenvalue weighted by molar-refractivity contribution is 7.12. The van der Waals surface area contributed by atoms with Gasteiger partial charge in [-0.15, -0.1) is 11.3 Å². The first-order valence-electron chi connectivity index (χ1n) is 5.60. The lowest BCUT2D eigenvalue weighted by atomic mass is 10.3. The summed E-state index contributed by atoms with van der Waals surface area (Å²) < 4.78 is 10.0. The second-order valence-electron chi connectivity index (χ2n) is 3.61. The van der Waals surface area contributed by atoms with E-state index in [1.807, 2.05) is 22.4 Å². The van der Waals surface area contributed by atoms with Crippen molar-refractivity contribution in [3.05, 3.63) is 22.4 Å². The Bertz CT molecular complexity index is 314. The molecule has 0 spiro atoms. The number of amides is 1. The molecule has 0 aromatic carbocycles. The molecule has 0 fully saturated rings. The zero-order valence-corrected chi connectivity index (χ0v) is 11.2. The van der Waals surface area contributed by atoms with Gasteiger partial charge in [0, 0.05) is 33.9 Å². The number of methoxy groups -OCH3 is 2. The van der Waals surface area contributed by atoms with E-state index < -0.39 is 0 Å². The summed E-state index contributed by atoms with van der Waals surface area (Å²) in [7, 11) is 3.31. The van der Waals surface area contributed by atoms with Crippen molar-refractivity contribution in [3.63, 3.8) is 0 Å². The van der Waals surface area contributed by atoms with Crippen molar-refractivity contribution in [3.8, 4) is 0 Å². The van der Waals surface area contributed by atoms with Gasteiger partial charge >= 0.3 is 0 Å². The molecule has 4 nitrogen and oxygen atoms in total. The molecular formula is C12H19NO3S. The van der Waals surface area contributed by atoms with E-state index in [4.69, 9.17) is 9.47 Å². The second kappa shape index (κ2) is 8.22. The number of hydrogen-bond acceptors (Lipinski definition) is 4. The molecule has 0 aliphatic heterocycles. The number of carbonyl (C=O) groups is 1. The lowest BCUT2D eigenvalue weighted by Crippen LogP contribution is -2.34. The van der Waals surface area contributed by atoms with Gasteiger partial charge in [-0.2, -0.15) is 0 Å². The smallest absolute Gasteiger partial charge is 0.263 e. The predicted molar refractivity (Wildman–Crippen MR) is 68.6 cm³/mol. The topological polar surface area (TPSA) is 38.8 Å². The van der Waals surface area contributed by atoms with Crippen LogP contribution in [0.5, 0.6) is 0 Å². The van der Waals surface area contributed by atoms with Gasteiger partial charge in [-0.25, -0.2) is 0 Å². The lowest BCUT2D eigenvalue weighted by molar-refractivity contribution is 0.0679. The van der Waals surface area contributed by atoms with Crippen LogP contribution in [0.2, 0.25) is 0 Å². The van der Waals surface area contributed by atoms with Gasteiger partial charge in [0.1, 0.15) is 0 Å². The van der Waals surface area contributed by atoms with Crippen LogP contribution < -0.4 is 0 Å². The summed E-state index contributed by atoms with van der Waals surface area (Å²) in [5, 5.41) is 1.91. The Morgan fingerprint density at radius 2 is 2.06 bits per heavy atom. The largest absolute Gasteiger partial charge is 0.385 e. The van der Waals surface area contributed by atoms with Gasteiger partial charge in [-0.05, 0) is 17.9 Å². The molecule has 1 amide bonds. The number of ether oxygens (including phenoxy) is 2. The fourth-order valence-electron chi connectivity index (χ4n) is 1.47. The van der Waals surface area contributed by atoms with Crippen LogP contribution in [0.15, 0.2) is 17.5 Å². The molecule has 0 unspecified atom stereocenters. The van der Waals surface area contributed by atoms with Crippen molar-refractivity contribution in [2.75, 3.05) is 40.5 Å². The molecule has 0 aliphatic carbocycles. The standard InChI is InChI=1S/C12H19NO3S/c1-15-8-4-6-13(7-9-16-2)12(14)11-5-3-10-17-11/h3,5,10H,4,6-9H2,1-2H3. The van der Waals surface area contributed by atoms with Crippen LogP contribution in [0.3, 0.4) is 0 Å². The van der Waals surface area contributed by atoms with Crippen molar-refractivity contribution in [1.29, 1.82) is 0 Å². The minimum absolute atomic E-state index is 0.0770. The van der Waals surface area contributed by atoms with Crippen LogP contribution in [0.4, 0.5) is 0 Å². The highest BCUT2D eigenvalue weighted by Crippen LogP contribution is 2.12. The lowest BCUT2D eigenvalue weighted by Gasteiger charge is -2.21. The van der Waals surface area contributed by atoms with Gasteiger partial charge in [0.25, 0.3) is 5.91 Å². The van der Waals surface area contributed by atoms with Crippen LogP contribution in [0, 0.1) is 0 Å². The normalized spacial score (nSPS) is 10.5. The van der Waals surface area contributed by atoms with Gasteiger partial charge in [0.15, 0.2) is 0 Å². The molecule has 5 heteroatoms. The molecule has 0 aliphatic rings. The van der Waals surface area contributed by atoms with E-state index in [0.29, 0.717) is 26.3 Å². The summed E-state index contributed by atoms with van der Waals surface area (Å²) in [5.74, 6) is 0.0770. The Labute approximate surface area is 106 Å². The summed E-state index contributed by atoms with van der Waals surface area (Å²) in [6, 6.07) is 3.74. The van der Waals surface area contributed by atoms with E-state index >= 15 is 0 Å². The van der Waals surface area contributed by atoms with E-state index in [2.05, 4.69) is 0 Å². The summed E-state index contributed by atoms with van der Waals surface area (Å²) in [6.07, 6.45) is 0.845. The summed E-state index contributed by atoms with van der Waals surface area (Å²) in [6.45, 7) is 2.55. The average molecular weight is 257 g/mol. The third kappa shape index (κ3) is 4.85. The molecule has 1 rings (SSSR count). The zero-order chi connectivity index (χ0) is 12.5. The molecule has 17 heavy (non-hydrogen) atoms. The van der Waals surface area contributed by atoms with E-state index in [1.165, 1.54) is 11.3 Å². The maximum Gasteiger partial charge on any atom is 0.263 e. The summed E-state index contributed by atoms with van der Waals surface area (Å²) in [5.41, 5.74) is 0. The highest BCUT2D eigenvalue weighted by atomic mass is 32.1. The van der Waals surface area contributed by atoms with Crippen molar-refractivity contribution in [1.82, 2.24) is 4.90 Å². The molecule has 1 aromatic heterocycles. The third-order valence-electron chi connectivity index (χ3n) is 2.36. The van der Waals surface area contributed by atoms with Gasteiger partial charge in [-0.1, -0.05) is 6.07 Å². The van der Waals surface area contributed by atoms with E-state index in [-0.39, 0.29) is 5.91 Å². The Balaban J connectivity index is 2.52. The molecule has 0 N–H and O–H groups in total. The molecule has 0 bridgehead atoms. The van der Waals surface area contributed by atoms with Crippen LogP contribution in [-0.2, 0) is 9.47 Å². The maximum atomic E-state index is 12.1. The Hall–Kier alpha value is -0.910. The number of carbonyl (C=O) groups excluding carboxylic acids is 1. The van der Waals surface area contributed by atoms with Crippen molar-refractivity contribution in [2.45, 2.75) is 6.42 Å². The number of hydrogen-bond donors (Lipinski definition) is 0. The fraction of sp³-hybridized carbons (Fsp3) is 0.583. The quantitative estimate of drug-likeness (QED) is 0.667. The van der Waals surface area contributed by atoms with Crippen LogP contribution in [0.25, 0.3) is 0 Å². The molecule has 1 heterocycles. The van der Waals surface area contributed by atoms with E-state index in [9.17, 15) is 4.79 Å². The number of rotatable bonds is 8. The molecule has 1 aromatic rings. The van der Waals surface area contributed by atoms with Crippen molar-refractivity contribution >= 4 is 17.2 Å². The summed E-state index contributed by atoms with van der Waals surface area (Å²) >= 11 is 1.47. The van der Waals surface area contributed by atoms with Gasteiger partial charge in [-0.3, -0.25) is 4.79 Å². The fourth-order valence-corrected chi connectivity index (χ4v) is 2.16. The Morgan fingerprint density at radius 1 is 1.29 bits per heavy atom. The monoisotopic (exact) mass is 257 g/mol. The third-order valence-corrected chi connectivity index (χ3v) is 3.22. The highest BCUT2D eigenvalue weighted by Gasteiger charge is 2.15. The predicted octanol–water partition coefficient (Wildman–Crippen LogP) is 1.87. The van der Waals surface area contributed by atoms with Crippen molar-refractivity contribution in [2.24, 2.45) is 0 Å². The number of nitrogens with zero attached hydrogens (tertiary/aromatic N) is 1. The van der Waals surface area contributed by atoms with Crippen molar-refractivity contribution < 1.29 is 14.3 Å². The second-order valence-corrected chi connectivity index (χ2v) is 4.56. The first-order valence-corrected chi connectivity index (χ1v) is 6.48. The average Bonchev–Trinajstić information content (AvgIpc) is 2.86. The van der Waals surface area contributed by atoms with Crippen LogP contribution in [-0.4, -0.2) is 51.3 Å². The first kappa shape index (κ1) is 14.2. The first-order chi connectivity index (χ1) is 8.29. The molecule has 0 radical (unpaired) electrons. The maximum absolute atomic E-state index is 12.1. The summed E-state index contributed by atoms with van der Waals surface area (Å²) in [4.78, 5) is 14.7. The molecule has 0 saturated carbocycles. The van der Waals surface area contributed by atoms with E-state index in [0.717, 1.165) is 11.3 Å². The van der Waals surface area contributed by atoms with Crippen LogP contribution >= 0.6 is 11.3 Å². The minimum atomic E-state index is 0.0770. The Morgan fingerprint density at radius 3 is 2.65 bits per heavy atom. The van der Waals surface area contributed by atoms with E-state index in [1.54, 1.807) is 14.2 Å². The Kier molecular flexibility index (Phi) is 6.84.